The van der Waals surface area contributed by atoms with Crippen LogP contribution in [0.4, 0.5) is 5.13 Å². The number of rotatable bonds is 8. The number of nitrogens with zero attached hydrogens (tertiary/aromatic N) is 2. The lowest BCUT2D eigenvalue weighted by Crippen LogP contribution is -2.30. The highest BCUT2D eigenvalue weighted by Crippen LogP contribution is 2.28. The largest absolute Gasteiger partial charge is 0.493 e. The fraction of sp³-hybridized carbons (Fsp3) is 0.438. The maximum atomic E-state index is 12.2. The van der Waals surface area contributed by atoms with E-state index in [2.05, 4.69) is 29.4 Å². The van der Waals surface area contributed by atoms with Crippen LogP contribution in [0.5, 0.6) is 11.5 Å². The Labute approximate surface area is 150 Å². The van der Waals surface area contributed by atoms with Crippen molar-refractivity contribution in [3.05, 3.63) is 24.3 Å². The first-order valence-electron chi connectivity index (χ1n) is 7.56. The second-order valence-electron chi connectivity index (χ2n) is 5.48. The minimum Gasteiger partial charge on any atom is -0.493 e. The highest BCUT2D eigenvalue weighted by Gasteiger charge is 2.18. The van der Waals surface area contributed by atoms with Gasteiger partial charge in [-0.05, 0) is 25.0 Å². The van der Waals surface area contributed by atoms with Crippen LogP contribution in [-0.2, 0) is 4.79 Å². The highest BCUT2D eigenvalue weighted by atomic mass is 32.2. The van der Waals surface area contributed by atoms with Crippen LogP contribution in [0.3, 0.4) is 0 Å². The maximum absolute atomic E-state index is 12.2. The Balaban J connectivity index is 1.92. The van der Waals surface area contributed by atoms with Gasteiger partial charge in [0, 0.05) is 5.75 Å². The quantitative estimate of drug-likeness (QED) is 0.566. The van der Waals surface area contributed by atoms with Gasteiger partial charge in [-0.25, -0.2) is 0 Å². The summed E-state index contributed by atoms with van der Waals surface area (Å²) >= 11 is 3.00. The van der Waals surface area contributed by atoms with Crippen molar-refractivity contribution < 1.29 is 14.3 Å². The van der Waals surface area contributed by atoms with Gasteiger partial charge >= 0.3 is 0 Å². The van der Waals surface area contributed by atoms with Crippen LogP contribution in [0.1, 0.15) is 20.8 Å². The summed E-state index contributed by atoms with van der Waals surface area (Å²) in [6.45, 7) is 5.97. The lowest BCUT2D eigenvalue weighted by atomic mass is 10.3. The summed E-state index contributed by atoms with van der Waals surface area (Å²) in [6.07, 6.45) is -0.683. The molecule has 1 aromatic heterocycles. The van der Waals surface area contributed by atoms with Gasteiger partial charge in [0.15, 0.2) is 21.9 Å². The van der Waals surface area contributed by atoms with Crippen molar-refractivity contribution in [3.8, 4) is 11.5 Å². The Morgan fingerprint density at radius 2 is 1.96 bits per heavy atom. The zero-order valence-electron chi connectivity index (χ0n) is 14.1. The number of para-hydroxylation sites is 2. The van der Waals surface area contributed by atoms with Crippen LogP contribution in [0.25, 0.3) is 0 Å². The number of anilines is 1. The fourth-order valence-corrected chi connectivity index (χ4v) is 3.46. The average Bonchev–Trinajstić information content (AvgIpc) is 3.00. The molecule has 0 saturated heterocycles. The predicted octanol–water partition coefficient (Wildman–Crippen LogP) is 3.70. The van der Waals surface area contributed by atoms with E-state index in [4.69, 9.17) is 9.47 Å². The van der Waals surface area contributed by atoms with E-state index >= 15 is 0 Å². The van der Waals surface area contributed by atoms with Gasteiger partial charge in [-0.2, -0.15) is 0 Å². The third-order valence-electron chi connectivity index (χ3n) is 2.92. The molecule has 1 aromatic carbocycles. The van der Waals surface area contributed by atoms with E-state index < -0.39 is 6.10 Å². The molecule has 2 rings (SSSR count). The van der Waals surface area contributed by atoms with Crippen LogP contribution in [0.15, 0.2) is 28.6 Å². The molecule has 130 valence electrons. The molecule has 1 atom stereocenters. The molecule has 1 N–H and O–H groups in total. The van der Waals surface area contributed by atoms with Crippen LogP contribution in [-0.4, -0.2) is 35.1 Å². The molecule has 6 nitrogen and oxygen atoms in total. The molecule has 0 fully saturated rings. The van der Waals surface area contributed by atoms with E-state index in [0.717, 1.165) is 10.1 Å². The number of aromatic nitrogens is 2. The minimum atomic E-state index is -0.683. The second kappa shape index (κ2) is 8.89. The van der Waals surface area contributed by atoms with E-state index in [-0.39, 0.29) is 5.91 Å². The number of benzene rings is 1. The minimum absolute atomic E-state index is 0.280. The summed E-state index contributed by atoms with van der Waals surface area (Å²) in [7, 11) is 1.56. The fourth-order valence-electron chi connectivity index (χ4n) is 1.72. The number of nitrogens with one attached hydrogen (secondary N) is 1. The number of hydrogen-bond acceptors (Lipinski definition) is 7. The molecule has 2 aromatic rings. The highest BCUT2D eigenvalue weighted by molar-refractivity contribution is 8.01. The molecule has 8 heteroatoms. The average molecular weight is 367 g/mol. The van der Waals surface area contributed by atoms with Gasteiger partial charge in [0.1, 0.15) is 0 Å². The van der Waals surface area contributed by atoms with E-state index in [9.17, 15) is 4.79 Å². The molecule has 1 heterocycles. The van der Waals surface area contributed by atoms with Gasteiger partial charge in [0.25, 0.3) is 5.91 Å². The van der Waals surface area contributed by atoms with Crippen LogP contribution < -0.4 is 14.8 Å². The van der Waals surface area contributed by atoms with E-state index in [0.29, 0.717) is 22.5 Å². The topological polar surface area (TPSA) is 73.3 Å². The zero-order chi connectivity index (χ0) is 17.5. The van der Waals surface area contributed by atoms with E-state index in [1.54, 1.807) is 37.9 Å². The zero-order valence-corrected chi connectivity index (χ0v) is 15.7. The number of amides is 1. The van der Waals surface area contributed by atoms with Crippen molar-refractivity contribution >= 4 is 34.1 Å². The van der Waals surface area contributed by atoms with Crippen molar-refractivity contribution in [1.82, 2.24) is 10.2 Å². The van der Waals surface area contributed by atoms with E-state index in [1.807, 2.05) is 12.1 Å². The Bertz CT molecular complexity index is 676. The Morgan fingerprint density at radius 1 is 1.25 bits per heavy atom. The molecular weight excluding hydrogens is 346 g/mol. The number of thioether (sulfide) groups is 1. The Morgan fingerprint density at radius 3 is 2.62 bits per heavy atom. The third kappa shape index (κ3) is 5.38. The first kappa shape index (κ1) is 18.5. The lowest BCUT2D eigenvalue weighted by molar-refractivity contribution is -0.122. The Kier molecular flexibility index (Phi) is 6.86. The van der Waals surface area contributed by atoms with Crippen LogP contribution >= 0.6 is 23.1 Å². The molecule has 0 spiro atoms. The van der Waals surface area contributed by atoms with Crippen LogP contribution in [0.2, 0.25) is 0 Å². The van der Waals surface area contributed by atoms with Crippen LogP contribution in [0, 0.1) is 5.92 Å². The lowest BCUT2D eigenvalue weighted by Gasteiger charge is -2.15. The molecule has 1 amide bonds. The smallest absolute Gasteiger partial charge is 0.266 e. The molecule has 0 bridgehead atoms. The van der Waals surface area contributed by atoms with Gasteiger partial charge in [0.2, 0.25) is 5.13 Å². The third-order valence-corrected chi connectivity index (χ3v) is 5.32. The van der Waals surface area contributed by atoms with Gasteiger partial charge in [-0.3, -0.25) is 10.1 Å². The summed E-state index contributed by atoms with van der Waals surface area (Å²) < 4.78 is 11.7. The van der Waals surface area contributed by atoms with Crippen molar-refractivity contribution in [1.29, 1.82) is 0 Å². The summed E-state index contributed by atoms with van der Waals surface area (Å²) in [5.41, 5.74) is 0. The molecule has 0 aliphatic heterocycles. The van der Waals surface area contributed by atoms with Crippen molar-refractivity contribution in [2.24, 2.45) is 5.92 Å². The summed E-state index contributed by atoms with van der Waals surface area (Å²) in [4.78, 5) is 12.2. The molecule has 0 aliphatic carbocycles. The SMILES string of the molecule is COc1ccccc1O[C@H](C)C(=O)Nc1nnc(SCC(C)C)s1. The van der Waals surface area contributed by atoms with Crippen molar-refractivity contribution in [3.63, 3.8) is 0 Å². The summed E-state index contributed by atoms with van der Waals surface area (Å²) in [5, 5.41) is 11.3. The Hall–Kier alpha value is -1.80. The van der Waals surface area contributed by atoms with Gasteiger partial charge < -0.3 is 9.47 Å². The van der Waals surface area contributed by atoms with Crippen molar-refractivity contribution in [2.75, 3.05) is 18.2 Å². The number of carbonyl (C=O) groups excluding carboxylic acids is 1. The van der Waals surface area contributed by atoms with Gasteiger partial charge in [0.05, 0.1) is 7.11 Å². The molecule has 0 unspecified atom stereocenters. The monoisotopic (exact) mass is 367 g/mol. The number of ether oxygens (including phenoxy) is 2. The van der Waals surface area contributed by atoms with Crippen molar-refractivity contribution in [2.45, 2.75) is 31.2 Å². The first-order valence-corrected chi connectivity index (χ1v) is 9.36. The first-order chi connectivity index (χ1) is 11.5. The van der Waals surface area contributed by atoms with Gasteiger partial charge in [-0.1, -0.05) is 49.1 Å². The second-order valence-corrected chi connectivity index (χ2v) is 7.72. The molecule has 24 heavy (non-hydrogen) atoms. The number of hydrogen-bond donors (Lipinski definition) is 1. The predicted molar refractivity (Wildman–Crippen MR) is 97.2 cm³/mol. The van der Waals surface area contributed by atoms with Gasteiger partial charge in [-0.15, -0.1) is 10.2 Å². The molecular formula is C16H21N3O3S2. The molecule has 0 radical (unpaired) electrons. The summed E-state index contributed by atoms with van der Waals surface area (Å²) in [5.74, 6) is 2.37. The summed E-state index contributed by atoms with van der Waals surface area (Å²) in [6, 6.07) is 7.20. The number of methoxy groups -OCH3 is 1. The molecule has 0 saturated carbocycles. The molecule has 0 aliphatic rings. The normalized spacial score (nSPS) is 12.0. The standard InChI is InChI=1S/C16H21N3O3S2/c1-10(2)9-23-16-19-18-15(24-16)17-14(20)11(3)22-13-8-6-5-7-12(13)21-4/h5-8,10-11H,9H2,1-4H3,(H,17,18,20)/t11-/m1/s1. The van der Waals surface area contributed by atoms with E-state index in [1.165, 1.54) is 11.3 Å². The number of carbonyl (C=O) groups is 1. The maximum Gasteiger partial charge on any atom is 0.266 e.